The number of likely N-dealkylation sites (tertiary alicyclic amines) is 2. The lowest BCUT2D eigenvalue weighted by molar-refractivity contribution is 0.0169. The SMILES string of the molecule is CC(C)(C)OC(=O)N1CCC(C(=O)c2ccc(Cl)cc2)CC1.CC(C)(C)OC(=O)N1CCC(C(N)c2ccc(Cl)cc2)CC1. The van der Waals surface area contributed by atoms with Gasteiger partial charge >= 0.3 is 12.2 Å². The van der Waals surface area contributed by atoms with Gasteiger partial charge < -0.3 is 25.0 Å². The first-order chi connectivity index (χ1) is 20.5. The number of halogens is 2. The molecule has 0 aliphatic carbocycles. The molecule has 8 nitrogen and oxygen atoms in total. The number of hydrogen-bond acceptors (Lipinski definition) is 6. The predicted molar refractivity (Wildman–Crippen MR) is 175 cm³/mol. The van der Waals surface area contributed by atoms with Gasteiger partial charge in [-0.2, -0.15) is 0 Å². The third-order valence-electron chi connectivity index (χ3n) is 7.60. The van der Waals surface area contributed by atoms with Crippen LogP contribution in [0.5, 0.6) is 0 Å². The van der Waals surface area contributed by atoms with Gasteiger partial charge in [-0.15, -0.1) is 0 Å². The van der Waals surface area contributed by atoms with Gasteiger partial charge in [-0.3, -0.25) is 4.79 Å². The first-order valence-electron chi connectivity index (χ1n) is 15.3. The summed E-state index contributed by atoms with van der Waals surface area (Å²) in [7, 11) is 0. The topological polar surface area (TPSA) is 102 Å². The van der Waals surface area contributed by atoms with Crippen LogP contribution in [0.4, 0.5) is 9.59 Å². The van der Waals surface area contributed by atoms with Crippen molar-refractivity contribution in [1.82, 2.24) is 9.80 Å². The van der Waals surface area contributed by atoms with Gasteiger partial charge in [0, 0.05) is 53.7 Å². The molecule has 0 saturated carbocycles. The van der Waals surface area contributed by atoms with E-state index in [4.69, 9.17) is 38.4 Å². The summed E-state index contributed by atoms with van der Waals surface area (Å²) in [5.74, 6) is 0.459. The van der Waals surface area contributed by atoms with Crippen LogP contribution in [0.1, 0.15) is 89.2 Å². The van der Waals surface area contributed by atoms with Crippen LogP contribution < -0.4 is 5.73 Å². The molecule has 0 radical (unpaired) electrons. The number of carbonyl (C=O) groups excluding carboxylic acids is 3. The summed E-state index contributed by atoms with van der Waals surface area (Å²) in [6.45, 7) is 13.7. The van der Waals surface area contributed by atoms with Gasteiger partial charge in [-0.05, 0) is 115 Å². The summed E-state index contributed by atoms with van der Waals surface area (Å²) in [4.78, 5) is 39.9. The summed E-state index contributed by atoms with van der Waals surface area (Å²) >= 11 is 11.7. The molecule has 2 aliphatic rings. The van der Waals surface area contributed by atoms with E-state index < -0.39 is 11.2 Å². The maximum Gasteiger partial charge on any atom is 0.410 e. The van der Waals surface area contributed by atoms with Crippen molar-refractivity contribution in [3.63, 3.8) is 0 Å². The van der Waals surface area contributed by atoms with Crippen LogP contribution in [-0.2, 0) is 9.47 Å². The molecule has 0 spiro atoms. The normalized spacial score (nSPS) is 17.3. The Morgan fingerprint density at radius 1 is 0.705 bits per heavy atom. The van der Waals surface area contributed by atoms with Crippen molar-refractivity contribution >= 4 is 41.2 Å². The maximum atomic E-state index is 12.4. The molecule has 2 fully saturated rings. The van der Waals surface area contributed by atoms with Crippen LogP contribution in [0, 0.1) is 11.8 Å². The molecular weight excluding hydrogens is 601 g/mol. The van der Waals surface area contributed by atoms with Crippen molar-refractivity contribution in [1.29, 1.82) is 0 Å². The highest BCUT2D eigenvalue weighted by Gasteiger charge is 2.31. The Kier molecular flexibility index (Phi) is 12.5. The first-order valence-corrected chi connectivity index (χ1v) is 16.0. The number of Topliss-reactive ketones (excluding diaryl/α,β-unsaturated/α-hetero) is 1. The number of benzene rings is 2. The number of rotatable bonds is 4. The molecule has 0 aromatic heterocycles. The highest BCUT2D eigenvalue weighted by molar-refractivity contribution is 6.30. The van der Waals surface area contributed by atoms with Gasteiger partial charge in [0.15, 0.2) is 5.78 Å². The fourth-order valence-electron chi connectivity index (χ4n) is 5.23. The average molecular weight is 649 g/mol. The quantitative estimate of drug-likeness (QED) is 0.336. The second kappa shape index (κ2) is 15.5. The fraction of sp³-hybridized carbons (Fsp3) is 0.559. The van der Waals surface area contributed by atoms with Gasteiger partial charge in [-0.25, -0.2) is 9.59 Å². The lowest BCUT2D eigenvalue weighted by atomic mass is 9.86. The minimum atomic E-state index is -0.493. The number of ketones is 1. The zero-order valence-corrected chi connectivity index (χ0v) is 28.3. The van der Waals surface area contributed by atoms with E-state index in [0.29, 0.717) is 55.5 Å². The van der Waals surface area contributed by atoms with Crippen LogP contribution >= 0.6 is 23.2 Å². The standard InChI is InChI=1S/C17H25ClN2O2.C17H22ClNO3/c1-17(2,3)22-16(21)20-10-8-13(9-11-20)15(19)12-4-6-14(18)7-5-12;1-17(2,3)22-16(21)19-10-8-13(9-11-19)15(20)12-4-6-14(18)7-5-12/h4-7,13,15H,8-11,19H2,1-3H3;4-7,13H,8-11H2,1-3H3. The highest BCUT2D eigenvalue weighted by Crippen LogP contribution is 2.30. The summed E-state index contributed by atoms with van der Waals surface area (Å²) in [5, 5.41) is 1.34. The number of nitrogens with zero attached hydrogens (tertiary/aromatic N) is 2. The average Bonchev–Trinajstić information content (AvgIpc) is 2.96. The summed E-state index contributed by atoms with van der Waals surface area (Å²) in [5.41, 5.74) is 7.20. The van der Waals surface area contributed by atoms with E-state index in [1.807, 2.05) is 65.8 Å². The highest BCUT2D eigenvalue weighted by atomic mass is 35.5. The Morgan fingerprint density at radius 2 is 1.09 bits per heavy atom. The second-order valence-corrected chi connectivity index (χ2v) is 14.4. The molecule has 242 valence electrons. The van der Waals surface area contributed by atoms with Crippen LogP contribution in [0.25, 0.3) is 0 Å². The third kappa shape index (κ3) is 11.3. The lowest BCUT2D eigenvalue weighted by Crippen LogP contribution is -2.43. The number of piperidine rings is 2. The molecular formula is C34H47Cl2N3O5. The second-order valence-electron chi connectivity index (χ2n) is 13.5. The van der Waals surface area contributed by atoms with E-state index in [9.17, 15) is 14.4 Å². The third-order valence-corrected chi connectivity index (χ3v) is 8.10. The largest absolute Gasteiger partial charge is 0.444 e. The molecule has 2 amide bonds. The summed E-state index contributed by atoms with van der Waals surface area (Å²) in [6.07, 6.45) is 2.59. The number of amides is 2. The van der Waals surface area contributed by atoms with E-state index in [-0.39, 0.29) is 29.9 Å². The van der Waals surface area contributed by atoms with Crippen LogP contribution in [0.2, 0.25) is 10.0 Å². The van der Waals surface area contributed by atoms with Crippen LogP contribution in [0.3, 0.4) is 0 Å². The molecule has 2 saturated heterocycles. The van der Waals surface area contributed by atoms with Gasteiger partial charge in [0.1, 0.15) is 11.2 Å². The van der Waals surface area contributed by atoms with Gasteiger partial charge in [0.2, 0.25) is 0 Å². The van der Waals surface area contributed by atoms with E-state index in [1.165, 1.54) is 0 Å². The number of nitrogens with two attached hydrogens (primary N) is 1. The Morgan fingerprint density at radius 3 is 1.50 bits per heavy atom. The van der Waals surface area contributed by atoms with Crippen molar-refractivity contribution in [3.8, 4) is 0 Å². The molecule has 44 heavy (non-hydrogen) atoms. The minimum Gasteiger partial charge on any atom is -0.444 e. The first kappa shape index (κ1) is 35.7. The van der Waals surface area contributed by atoms with Gasteiger partial charge in [0.05, 0.1) is 0 Å². The molecule has 10 heteroatoms. The molecule has 1 atom stereocenters. The lowest BCUT2D eigenvalue weighted by Gasteiger charge is -2.35. The molecule has 2 aromatic rings. The fourth-order valence-corrected chi connectivity index (χ4v) is 5.48. The van der Waals surface area contributed by atoms with Crippen molar-refractivity contribution < 1.29 is 23.9 Å². The van der Waals surface area contributed by atoms with E-state index in [2.05, 4.69) is 0 Å². The maximum absolute atomic E-state index is 12.4. The van der Waals surface area contributed by atoms with Gasteiger partial charge in [0.25, 0.3) is 0 Å². The van der Waals surface area contributed by atoms with Crippen molar-refractivity contribution in [3.05, 3.63) is 69.7 Å². The number of carbonyl (C=O) groups is 3. The number of ether oxygens (including phenoxy) is 2. The summed E-state index contributed by atoms with van der Waals surface area (Å²) in [6, 6.07) is 14.6. The summed E-state index contributed by atoms with van der Waals surface area (Å²) < 4.78 is 10.8. The molecule has 4 rings (SSSR count). The van der Waals surface area contributed by atoms with E-state index >= 15 is 0 Å². The minimum absolute atomic E-state index is 0.0157. The smallest absolute Gasteiger partial charge is 0.410 e. The molecule has 2 aliphatic heterocycles. The Bertz CT molecular complexity index is 1240. The van der Waals surface area contributed by atoms with E-state index in [1.54, 1.807) is 34.1 Å². The predicted octanol–water partition coefficient (Wildman–Crippen LogP) is 8.16. The zero-order valence-electron chi connectivity index (χ0n) is 26.8. The van der Waals surface area contributed by atoms with Crippen LogP contribution in [0.15, 0.2) is 48.5 Å². The van der Waals surface area contributed by atoms with E-state index in [0.717, 1.165) is 23.4 Å². The van der Waals surface area contributed by atoms with Crippen molar-refractivity contribution in [2.75, 3.05) is 26.2 Å². The number of hydrogen-bond donors (Lipinski definition) is 1. The molecule has 0 bridgehead atoms. The van der Waals surface area contributed by atoms with Gasteiger partial charge in [-0.1, -0.05) is 35.3 Å². The van der Waals surface area contributed by atoms with Crippen molar-refractivity contribution in [2.24, 2.45) is 17.6 Å². The molecule has 2 aromatic carbocycles. The van der Waals surface area contributed by atoms with Crippen molar-refractivity contribution in [2.45, 2.75) is 84.5 Å². The monoisotopic (exact) mass is 647 g/mol. The molecule has 2 heterocycles. The van der Waals surface area contributed by atoms with Crippen LogP contribution in [-0.4, -0.2) is 65.2 Å². The Balaban J connectivity index is 0.000000240. The molecule has 1 unspecified atom stereocenters. The Labute approximate surface area is 272 Å². The zero-order chi connectivity index (χ0) is 32.7. The molecule has 2 N–H and O–H groups in total. The Hall–Kier alpha value is -2.81.